The Bertz CT molecular complexity index is 1100. The number of H-pyrrole nitrogens is 1. The number of pyridine rings is 1. The minimum absolute atomic E-state index is 0.163. The van der Waals surface area contributed by atoms with E-state index in [0.717, 1.165) is 10.6 Å². The van der Waals surface area contributed by atoms with Crippen LogP contribution in [0.15, 0.2) is 57.3 Å². The number of carbonyl (C=O) groups excluding carboxylic acids is 1. The van der Waals surface area contributed by atoms with Gasteiger partial charge >= 0.3 is 5.76 Å². The van der Waals surface area contributed by atoms with E-state index in [4.69, 9.17) is 4.42 Å². The first kappa shape index (κ1) is 15.3. The Balaban J connectivity index is 1.46. The van der Waals surface area contributed by atoms with Gasteiger partial charge in [-0.2, -0.15) is 0 Å². The summed E-state index contributed by atoms with van der Waals surface area (Å²) in [6.07, 6.45) is 3.61. The highest BCUT2D eigenvalue weighted by molar-refractivity contribution is 7.13. The van der Waals surface area contributed by atoms with Crippen LogP contribution in [0, 0.1) is 0 Å². The van der Waals surface area contributed by atoms with Crippen molar-refractivity contribution in [2.45, 2.75) is 6.42 Å². The SMILES string of the molecule is O=C(Cc1csc(-c2cccnc2)n1)Nc1ccc2oc(=O)[nH]c2c1. The second-order valence-electron chi connectivity index (χ2n) is 5.34. The summed E-state index contributed by atoms with van der Waals surface area (Å²) in [7, 11) is 0. The number of thiazole rings is 1. The van der Waals surface area contributed by atoms with Crippen LogP contribution in [0.5, 0.6) is 0 Å². The first-order chi connectivity index (χ1) is 12.2. The number of aromatic nitrogens is 3. The normalized spacial score (nSPS) is 10.9. The van der Waals surface area contributed by atoms with E-state index in [9.17, 15) is 9.59 Å². The third-order valence-electron chi connectivity index (χ3n) is 3.50. The molecule has 0 aliphatic rings. The number of aromatic amines is 1. The lowest BCUT2D eigenvalue weighted by molar-refractivity contribution is -0.115. The molecule has 4 aromatic rings. The highest BCUT2D eigenvalue weighted by atomic mass is 32.1. The molecule has 25 heavy (non-hydrogen) atoms. The molecular weight excluding hydrogens is 340 g/mol. The first-order valence-electron chi connectivity index (χ1n) is 7.45. The number of carbonyl (C=O) groups is 1. The number of nitrogens with one attached hydrogen (secondary N) is 2. The predicted octanol–water partition coefficient (Wildman–Crippen LogP) is 2.82. The van der Waals surface area contributed by atoms with Crippen molar-refractivity contribution in [2.75, 3.05) is 5.32 Å². The van der Waals surface area contributed by atoms with Crippen LogP contribution in [0.4, 0.5) is 5.69 Å². The van der Waals surface area contributed by atoms with Crippen molar-refractivity contribution in [2.24, 2.45) is 0 Å². The molecule has 3 heterocycles. The van der Waals surface area contributed by atoms with Crippen LogP contribution in [0.1, 0.15) is 5.69 Å². The summed E-state index contributed by atoms with van der Waals surface area (Å²) in [5.41, 5.74) is 3.18. The van der Waals surface area contributed by atoms with Gasteiger partial charge in [-0.1, -0.05) is 0 Å². The van der Waals surface area contributed by atoms with Gasteiger partial charge in [-0.3, -0.25) is 14.8 Å². The summed E-state index contributed by atoms with van der Waals surface area (Å²) in [5, 5.41) is 5.48. The second kappa shape index (κ2) is 6.33. The molecular formula is C17H12N4O3S. The van der Waals surface area contributed by atoms with Gasteiger partial charge < -0.3 is 9.73 Å². The lowest BCUT2D eigenvalue weighted by atomic mass is 10.2. The minimum Gasteiger partial charge on any atom is -0.408 e. The number of nitrogens with zero attached hydrogens (tertiary/aromatic N) is 2. The highest BCUT2D eigenvalue weighted by Crippen LogP contribution is 2.23. The van der Waals surface area contributed by atoms with Crippen molar-refractivity contribution < 1.29 is 9.21 Å². The van der Waals surface area contributed by atoms with Crippen molar-refractivity contribution in [3.05, 3.63) is 64.4 Å². The molecule has 1 aromatic carbocycles. The zero-order chi connectivity index (χ0) is 17.2. The van der Waals surface area contributed by atoms with Crippen LogP contribution in [0.25, 0.3) is 21.7 Å². The summed E-state index contributed by atoms with van der Waals surface area (Å²) in [6, 6.07) is 8.74. The Morgan fingerprint density at radius 3 is 3.08 bits per heavy atom. The molecule has 0 spiro atoms. The van der Waals surface area contributed by atoms with Crippen LogP contribution in [0.2, 0.25) is 0 Å². The van der Waals surface area contributed by atoms with Crippen molar-refractivity contribution >= 4 is 34.0 Å². The molecule has 3 aromatic heterocycles. The monoisotopic (exact) mass is 352 g/mol. The Kier molecular flexibility index (Phi) is 3.87. The third kappa shape index (κ3) is 3.33. The van der Waals surface area contributed by atoms with Gasteiger partial charge in [0.25, 0.3) is 0 Å². The topological polar surface area (TPSA) is 101 Å². The molecule has 0 radical (unpaired) electrons. The largest absolute Gasteiger partial charge is 0.417 e. The van der Waals surface area contributed by atoms with Crippen LogP contribution in [-0.2, 0) is 11.2 Å². The summed E-state index contributed by atoms with van der Waals surface area (Å²) in [5.74, 6) is -0.711. The first-order valence-corrected chi connectivity index (χ1v) is 8.33. The highest BCUT2D eigenvalue weighted by Gasteiger charge is 2.10. The van der Waals surface area contributed by atoms with Gasteiger partial charge in [0.2, 0.25) is 5.91 Å². The van der Waals surface area contributed by atoms with E-state index in [0.29, 0.717) is 22.5 Å². The molecule has 4 rings (SSSR count). The summed E-state index contributed by atoms with van der Waals surface area (Å²) in [6.45, 7) is 0. The van der Waals surface area contributed by atoms with E-state index in [1.54, 1.807) is 30.6 Å². The van der Waals surface area contributed by atoms with Crippen molar-refractivity contribution in [3.63, 3.8) is 0 Å². The molecule has 0 fully saturated rings. The van der Waals surface area contributed by atoms with E-state index < -0.39 is 5.76 Å². The molecule has 2 N–H and O–H groups in total. The molecule has 0 saturated heterocycles. The molecule has 0 bridgehead atoms. The maximum Gasteiger partial charge on any atom is 0.417 e. The molecule has 0 unspecified atom stereocenters. The summed E-state index contributed by atoms with van der Waals surface area (Å²) >= 11 is 1.47. The number of hydrogen-bond donors (Lipinski definition) is 2. The summed E-state index contributed by atoms with van der Waals surface area (Å²) < 4.78 is 4.93. The number of anilines is 1. The van der Waals surface area contributed by atoms with Gasteiger partial charge in [-0.05, 0) is 30.3 Å². The van der Waals surface area contributed by atoms with E-state index in [-0.39, 0.29) is 12.3 Å². The fraction of sp³-hybridized carbons (Fsp3) is 0.0588. The van der Waals surface area contributed by atoms with Gasteiger partial charge in [0.1, 0.15) is 5.01 Å². The van der Waals surface area contributed by atoms with E-state index in [1.807, 2.05) is 17.5 Å². The van der Waals surface area contributed by atoms with E-state index >= 15 is 0 Å². The van der Waals surface area contributed by atoms with Crippen LogP contribution >= 0.6 is 11.3 Å². The molecule has 124 valence electrons. The lowest BCUT2D eigenvalue weighted by Gasteiger charge is -2.03. The van der Waals surface area contributed by atoms with Crippen molar-refractivity contribution in [1.82, 2.24) is 15.0 Å². The second-order valence-corrected chi connectivity index (χ2v) is 6.19. The van der Waals surface area contributed by atoms with E-state index in [1.165, 1.54) is 11.3 Å². The Labute approximate surface area is 145 Å². The number of hydrogen-bond acceptors (Lipinski definition) is 6. The van der Waals surface area contributed by atoms with Gasteiger partial charge in [0.15, 0.2) is 5.58 Å². The zero-order valence-electron chi connectivity index (χ0n) is 12.9. The lowest BCUT2D eigenvalue weighted by Crippen LogP contribution is -2.14. The summed E-state index contributed by atoms with van der Waals surface area (Å²) in [4.78, 5) is 34.5. The molecule has 0 aliphatic heterocycles. The minimum atomic E-state index is -0.524. The Morgan fingerprint density at radius 1 is 1.32 bits per heavy atom. The number of fused-ring (bicyclic) bond motifs is 1. The maximum atomic E-state index is 12.2. The molecule has 8 heteroatoms. The smallest absolute Gasteiger partial charge is 0.408 e. The van der Waals surface area contributed by atoms with Gasteiger partial charge in [0.05, 0.1) is 17.6 Å². The van der Waals surface area contributed by atoms with E-state index in [2.05, 4.69) is 20.3 Å². The number of oxazole rings is 1. The maximum absolute atomic E-state index is 12.2. The zero-order valence-corrected chi connectivity index (χ0v) is 13.7. The number of benzene rings is 1. The van der Waals surface area contributed by atoms with Crippen LogP contribution < -0.4 is 11.1 Å². The molecule has 7 nitrogen and oxygen atoms in total. The fourth-order valence-corrected chi connectivity index (χ4v) is 3.22. The number of amides is 1. The van der Waals surface area contributed by atoms with Crippen molar-refractivity contribution in [3.8, 4) is 10.6 Å². The molecule has 0 atom stereocenters. The van der Waals surface area contributed by atoms with Gasteiger partial charge in [-0.25, -0.2) is 9.78 Å². The molecule has 1 amide bonds. The van der Waals surface area contributed by atoms with Gasteiger partial charge in [0, 0.05) is 29.0 Å². The fourth-order valence-electron chi connectivity index (χ4n) is 2.41. The average molecular weight is 352 g/mol. The Hall–Kier alpha value is -3.26. The molecule has 0 aliphatic carbocycles. The average Bonchev–Trinajstić information content (AvgIpc) is 3.21. The quantitative estimate of drug-likeness (QED) is 0.588. The number of rotatable bonds is 4. The predicted molar refractivity (Wildman–Crippen MR) is 94.5 cm³/mol. The van der Waals surface area contributed by atoms with Crippen LogP contribution in [0.3, 0.4) is 0 Å². The Morgan fingerprint density at radius 2 is 2.24 bits per heavy atom. The van der Waals surface area contributed by atoms with Crippen LogP contribution in [-0.4, -0.2) is 20.9 Å². The third-order valence-corrected chi connectivity index (χ3v) is 4.44. The standard InChI is InChI=1S/C17H12N4O3S/c22-15(19-11-3-4-14-13(6-11)21-17(23)24-14)7-12-9-25-16(20-12)10-2-1-5-18-8-10/h1-6,8-9H,7H2,(H,19,22)(H,21,23). The molecule has 0 saturated carbocycles. The van der Waals surface area contributed by atoms with Gasteiger partial charge in [-0.15, -0.1) is 11.3 Å². The van der Waals surface area contributed by atoms with Crippen molar-refractivity contribution in [1.29, 1.82) is 0 Å².